The van der Waals surface area contributed by atoms with Crippen LogP contribution in [0.5, 0.6) is 0 Å². The summed E-state index contributed by atoms with van der Waals surface area (Å²) in [4.78, 5) is 27.4. The van der Waals surface area contributed by atoms with E-state index in [0.29, 0.717) is 29.6 Å². The van der Waals surface area contributed by atoms with E-state index in [1.54, 1.807) is 0 Å². The van der Waals surface area contributed by atoms with Gasteiger partial charge >= 0.3 is 5.97 Å². The molecule has 0 heterocycles. The van der Waals surface area contributed by atoms with Gasteiger partial charge in [-0.1, -0.05) is 47.1 Å². The molecule has 4 fully saturated rings. The summed E-state index contributed by atoms with van der Waals surface area (Å²) in [5, 5.41) is 11.1. The molecule has 0 saturated heterocycles. The third kappa shape index (κ3) is 2.95. The van der Waals surface area contributed by atoms with Gasteiger partial charge in [-0.15, -0.1) is 0 Å². The Morgan fingerprint density at radius 3 is 2.31 bits per heavy atom. The molecule has 5 aliphatic rings. The summed E-state index contributed by atoms with van der Waals surface area (Å²) in [6.45, 7) is 16.4. The van der Waals surface area contributed by atoms with E-state index in [1.807, 2.05) is 6.92 Å². The maximum atomic E-state index is 14.3. The minimum Gasteiger partial charge on any atom is -0.469 e. The summed E-state index contributed by atoms with van der Waals surface area (Å²) >= 11 is 0. The number of carbonyl (C=O) groups is 2. The van der Waals surface area contributed by atoms with Crippen molar-refractivity contribution in [3.8, 4) is 0 Å². The van der Waals surface area contributed by atoms with E-state index >= 15 is 0 Å². The number of esters is 1. The number of ketones is 1. The number of ether oxygens (including phenoxy) is 1. The van der Waals surface area contributed by atoms with Crippen molar-refractivity contribution in [1.29, 1.82) is 0 Å². The van der Waals surface area contributed by atoms with E-state index in [4.69, 9.17) is 4.74 Å². The molecule has 4 saturated carbocycles. The Morgan fingerprint density at radius 1 is 0.971 bits per heavy atom. The van der Waals surface area contributed by atoms with Crippen molar-refractivity contribution in [3.63, 3.8) is 0 Å². The van der Waals surface area contributed by atoms with Crippen LogP contribution in [0, 0.1) is 56.7 Å². The number of aliphatic hydroxyl groups excluding tert-OH is 1. The Kier molecular flexibility index (Phi) is 5.59. The van der Waals surface area contributed by atoms with Gasteiger partial charge in [-0.3, -0.25) is 9.59 Å². The number of hydrogen-bond acceptors (Lipinski definition) is 4. The molecule has 0 amide bonds. The van der Waals surface area contributed by atoms with Gasteiger partial charge < -0.3 is 9.84 Å². The summed E-state index contributed by atoms with van der Waals surface area (Å²) in [6, 6.07) is 0. The predicted molar refractivity (Wildman–Crippen MR) is 137 cm³/mol. The first-order valence-corrected chi connectivity index (χ1v) is 14.2. The number of allylic oxidation sites excluding steroid dienone is 2. The zero-order chi connectivity index (χ0) is 25.8. The highest BCUT2D eigenvalue weighted by Gasteiger charge is 2.71. The Balaban J connectivity index is 1.64. The maximum Gasteiger partial charge on any atom is 0.314 e. The van der Waals surface area contributed by atoms with Gasteiger partial charge in [-0.25, -0.2) is 0 Å². The molecule has 4 nitrogen and oxygen atoms in total. The van der Waals surface area contributed by atoms with E-state index in [2.05, 4.69) is 47.6 Å². The average molecular weight is 485 g/mol. The van der Waals surface area contributed by atoms with Gasteiger partial charge in [0.25, 0.3) is 0 Å². The van der Waals surface area contributed by atoms with Gasteiger partial charge in [0.15, 0.2) is 5.78 Å². The summed E-state index contributed by atoms with van der Waals surface area (Å²) in [7, 11) is 1.42. The number of methoxy groups -OCH3 is 1. The number of rotatable bonds is 1. The summed E-state index contributed by atoms with van der Waals surface area (Å²) in [6.07, 6.45) is 9.42. The average Bonchev–Trinajstić information content (AvgIpc) is 2.80. The molecular weight excluding hydrogens is 436 g/mol. The first kappa shape index (κ1) is 25.5. The molecule has 0 aromatic rings. The zero-order valence-electron chi connectivity index (χ0n) is 23.4. The molecule has 196 valence electrons. The topological polar surface area (TPSA) is 63.6 Å². The Hall–Kier alpha value is -1.16. The molecular formula is C31H48O4. The molecule has 0 aromatic heterocycles. The fourth-order valence-electron chi connectivity index (χ4n) is 10.9. The van der Waals surface area contributed by atoms with Crippen molar-refractivity contribution < 1.29 is 19.4 Å². The monoisotopic (exact) mass is 484 g/mol. The summed E-state index contributed by atoms with van der Waals surface area (Å²) in [5.41, 5.74) is 0.298. The standard InChI is InChI=1S/C31H48O4/c1-18-9-12-27(3)15-16-29(5)20(24(27)19(18)2)17-21(32)25-28(4)13-11-23(33)31(7,26(34)35-8)22(28)10-14-30(25,29)6/h17-19,22-25,33H,9-16H2,1-8H3/t18-,19+,22?,23+,24+,25-,27-,28+,29-,30-,31?/m1/s1. The van der Waals surface area contributed by atoms with E-state index in [0.717, 1.165) is 25.7 Å². The minimum atomic E-state index is -0.966. The number of hydrogen-bond donors (Lipinski definition) is 1. The Bertz CT molecular complexity index is 969. The van der Waals surface area contributed by atoms with Crippen LogP contribution in [0.25, 0.3) is 0 Å². The molecule has 0 radical (unpaired) electrons. The van der Waals surface area contributed by atoms with Crippen LogP contribution in [-0.2, 0) is 14.3 Å². The van der Waals surface area contributed by atoms with Crippen LogP contribution < -0.4 is 0 Å². The van der Waals surface area contributed by atoms with Gasteiger partial charge in [-0.2, -0.15) is 0 Å². The molecule has 1 N–H and O–H groups in total. The van der Waals surface area contributed by atoms with Gasteiger partial charge in [0, 0.05) is 5.92 Å². The lowest BCUT2D eigenvalue weighted by molar-refractivity contribution is -0.216. The van der Waals surface area contributed by atoms with Crippen LogP contribution in [-0.4, -0.2) is 30.1 Å². The van der Waals surface area contributed by atoms with Crippen molar-refractivity contribution in [3.05, 3.63) is 11.6 Å². The normalized spacial score (nSPS) is 55.6. The summed E-state index contributed by atoms with van der Waals surface area (Å²) < 4.78 is 5.25. The molecule has 4 heteroatoms. The van der Waals surface area contributed by atoms with Crippen LogP contribution in [0.2, 0.25) is 0 Å². The second-order valence-electron chi connectivity index (χ2n) is 14.6. The molecule has 0 bridgehead atoms. The van der Waals surface area contributed by atoms with Crippen molar-refractivity contribution in [2.75, 3.05) is 7.11 Å². The molecule has 0 aliphatic heterocycles. The van der Waals surface area contributed by atoms with Crippen LogP contribution in [0.3, 0.4) is 0 Å². The molecule has 2 unspecified atom stereocenters. The second-order valence-corrected chi connectivity index (χ2v) is 14.6. The third-order valence-corrected chi connectivity index (χ3v) is 13.4. The smallest absolute Gasteiger partial charge is 0.314 e. The lowest BCUT2D eigenvalue weighted by Crippen LogP contribution is -2.68. The maximum absolute atomic E-state index is 14.3. The molecule has 0 spiro atoms. The lowest BCUT2D eigenvalue weighted by atomic mass is 9.33. The van der Waals surface area contributed by atoms with Gasteiger partial charge in [-0.05, 0) is 110 Å². The highest BCUT2D eigenvalue weighted by molar-refractivity contribution is 5.96. The van der Waals surface area contributed by atoms with Crippen LogP contribution in [0.1, 0.15) is 99.8 Å². The van der Waals surface area contributed by atoms with Crippen molar-refractivity contribution >= 4 is 11.8 Å². The molecule has 11 atom stereocenters. The Labute approximate surface area is 212 Å². The van der Waals surface area contributed by atoms with Gasteiger partial charge in [0.05, 0.1) is 18.6 Å². The van der Waals surface area contributed by atoms with Crippen molar-refractivity contribution in [2.45, 2.75) is 106 Å². The zero-order valence-corrected chi connectivity index (χ0v) is 23.4. The minimum absolute atomic E-state index is 0.00716. The largest absolute Gasteiger partial charge is 0.469 e. The van der Waals surface area contributed by atoms with E-state index in [-0.39, 0.29) is 39.8 Å². The first-order valence-electron chi connectivity index (χ1n) is 14.2. The highest BCUT2D eigenvalue weighted by Crippen LogP contribution is 2.75. The predicted octanol–water partition coefficient (Wildman–Crippen LogP) is 6.36. The van der Waals surface area contributed by atoms with Gasteiger partial charge in [0.1, 0.15) is 0 Å². The van der Waals surface area contributed by atoms with E-state index in [1.165, 1.54) is 31.9 Å². The van der Waals surface area contributed by atoms with Crippen molar-refractivity contribution in [1.82, 2.24) is 0 Å². The lowest BCUT2D eigenvalue weighted by Gasteiger charge is -2.70. The van der Waals surface area contributed by atoms with Crippen LogP contribution in [0.15, 0.2) is 11.6 Å². The first-order chi connectivity index (χ1) is 16.2. The number of carbonyl (C=O) groups excluding carboxylic acids is 2. The number of aliphatic hydroxyl groups is 1. The molecule has 5 aliphatic carbocycles. The van der Waals surface area contributed by atoms with Crippen molar-refractivity contribution in [2.24, 2.45) is 56.7 Å². The highest BCUT2D eigenvalue weighted by atomic mass is 16.5. The Morgan fingerprint density at radius 2 is 1.66 bits per heavy atom. The van der Waals surface area contributed by atoms with E-state index in [9.17, 15) is 14.7 Å². The van der Waals surface area contributed by atoms with E-state index < -0.39 is 11.5 Å². The fraction of sp³-hybridized carbons (Fsp3) is 0.871. The molecule has 35 heavy (non-hydrogen) atoms. The second kappa shape index (κ2) is 7.68. The van der Waals surface area contributed by atoms with Crippen LogP contribution in [0.4, 0.5) is 0 Å². The summed E-state index contributed by atoms with van der Waals surface area (Å²) in [5.74, 6) is 1.52. The molecule has 0 aromatic carbocycles. The van der Waals surface area contributed by atoms with Crippen LogP contribution >= 0.6 is 0 Å². The SMILES string of the molecule is COC(=O)C1(C)C2CC[C@]3(C)[C@H](C(=O)C=C4[C@@H]5[C@@H](C)[C@H](C)CC[C@]5(C)CC[C@]43C)[C@@]2(C)CC[C@@H]1O. The van der Waals surface area contributed by atoms with Gasteiger partial charge in [0.2, 0.25) is 0 Å². The molecule has 5 rings (SSSR count). The number of fused-ring (bicyclic) bond motifs is 7. The quantitative estimate of drug-likeness (QED) is 0.440. The third-order valence-electron chi connectivity index (χ3n) is 13.4. The fourth-order valence-corrected chi connectivity index (χ4v) is 10.9.